The Morgan fingerprint density at radius 2 is 1.90 bits per heavy atom. The first kappa shape index (κ1) is 12.7. The van der Waals surface area contributed by atoms with Crippen molar-refractivity contribution in [2.75, 3.05) is 6.61 Å². The van der Waals surface area contributed by atoms with E-state index in [1.54, 1.807) is 19.1 Å². The second-order valence-corrected chi connectivity index (χ2v) is 4.40. The first-order valence-electron chi connectivity index (χ1n) is 6.22. The van der Waals surface area contributed by atoms with Gasteiger partial charge in [-0.25, -0.2) is 4.39 Å². The van der Waals surface area contributed by atoms with Gasteiger partial charge >= 0.3 is 0 Å². The van der Waals surface area contributed by atoms with Crippen LogP contribution < -0.4 is 9.47 Å². The summed E-state index contributed by atoms with van der Waals surface area (Å²) in [7, 11) is 0. The molecule has 0 bridgehead atoms. The average Bonchev–Trinajstić information content (AvgIpc) is 2.45. The minimum Gasteiger partial charge on any atom is -0.505 e. The molecular formula is C15H12F2O3. The Morgan fingerprint density at radius 1 is 1.15 bits per heavy atom. The van der Waals surface area contributed by atoms with Crippen LogP contribution in [0.3, 0.4) is 0 Å². The van der Waals surface area contributed by atoms with E-state index in [0.29, 0.717) is 17.7 Å². The SMILES string of the molecule is CCOc1ccc2c(c1F)OCc1c-2ccc(O)c1F. The van der Waals surface area contributed by atoms with Crippen molar-refractivity contribution >= 4 is 0 Å². The van der Waals surface area contributed by atoms with Crippen LogP contribution in [0.2, 0.25) is 0 Å². The zero-order chi connectivity index (χ0) is 14.3. The third kappa shape index (κ3) is 1.78. The molecule has 0 atom stereocenters. The second kappa shape index (κ2) is 4.67. The molecule has 3 rings (SSSR count). The Labute approximate surface area is 114 Å². The van der Waals surface area contributed by atoms with Crippen LogP contribution in [-0.4, -0.2) is 11.7 Å². The quantitative estimate of drug-likeness (QED) is 0.911. The molecule has 0 unspecified atom stereocenters. The normalized spacial score (nSPS) is 12.3. The lowest BCUT2D eigenvalue weighted by molar-refractivity contribution is 0.265. The molecule has 20 heavy (non-hydrogen) atoms. The molecule has 1 N–H and O–H groups in total. The highest BCUT2D eigenvalue weighted by Crippen LogP contribution is 2.44. The van der Waals surface area contributed by atoms with Gasteiger partial charge in [0.1, 0.15) is 6.61 Å². The van der Waals surface area contributed by atoms with Crippen molar-refractivity contribution in [3.05, 3.63) is 41.5 Å². The van der Waals surface area contributed by atoms with Crippen molar-refractivity contribution in [2.24, 2.45) is 0 Å². The van der Waals surface area contributed by atoms with Gasteiger partial charge in [-0.15, -0.1) is 0 Å². The van der Waals surface area contributed by atoms with E-state index in [9.17, 15) is 13.9 Å². The third-order valence-electron chi connectivity index (χ3n) is 3.24. The van der Waals surface area contributed by atoms with E-state index in [-0.39, 0.29) is 23.7 Å². The predicted molar refractivity (Wildman–Crippen MR) is 69.0 cm³/mol. The third-order valence-corrected chi connectivity index (χ3v) is 3.24. The van der Waals surface area contributed by atoms with Crippen LogP contribution in [0.4, 0.5) is 8.78 Å². The summed E-state index contributed by atoms with van der Waals surface area (Å²) in [4.78, 5) is 0. The van der Waals surface area contributed by atoms with Gasteiger partial charge in [-0.3, -0.25) is 0 Å². The molecule has 0 aliphatic carbocycles. The number of benzene rings is 2. The highest BCUT2D eigenvalue weighted by Gasteiger charge is 2.26. The van der Waals surface area contributed by atoms with E-state index < -0.39 is 17.4 Å². The Balaban J connectivity index is 2.19. The smallest absolute Gasteiger partial charge is 0.207 e. The Kier molecular flexibility index (Phi) is 2.97. The summed E-state index contributed by atoms with van der Waals surface area (Å²) in [6.07, 6.45) is 0. The number of ether oxygens (including phenoxy) is 2. The molecule has 0 spiro atoms. The molecule has 3 nitrogen and oxygen atoms in total. The van der Waals surface area contributed by atoms with Gasteiger partial charge in [0.2, 0.25) is 5.82 Å². The molecule has 1 aliphatic heterocycles. The second-order valence-electron chi connectivity index (χ2n) is 4.40. The van der Waals surface area contributed by atoms with Crippen molar-refractivity contribution < 1.29 is 23.4 Å². The lowest BCUT2D eigenvalue weighted by Gasteiger charge is -2.22. The largest absolute Gasteiger partial charge is 0.505 e. The van der Waals surface area contributed by atoms with Gasteiger partial charge in [-0.2, -0.15) is 4.39 Å². The number of phenolic OH excluding ortho intramolecular Hbond substituents is 1. The van der Waals surface area contributed by atoms with Gasteiger partial charge < -0.3 is 14.6 Å². The zero-order valence-electron chi connectivity index (χ0n) is 10.7. The molecule has 0 saturated carbocycles. The van der Waals surface area contributed by atoms with Crippen LogP contribution >= 0.6 is 0 Å². The monoisotopic (exact) mass is 278 g/mol. The predicted octanol–water partition coefficient (Wildman–Crippen LogP) is 3.63. The molecule has 0 radical (unpaired) electrons. The number of hydrogen-bond donors (Lipinski definition) is 1. The number of phenols is 1. The fourth-order valence-electron chi connectivity index (χ4n) is 2.30. The van der Waals surface area contributed by atoms with Crippen molar-refractivity contribution in [2.45, 2.75) is 13.5 Å². The van der Waals surface area contributed by atoms with Gasteiger partial charge in [-0.1, -0.05) is 0 Å². The number of fused-ring (bicyclic) bond motifs is 3. The van der Waals surface area contributed by atoms with Gasteiger partial charge in [0, 0.05) is 11.1 Å². The molecule has 0 aromatic heterocycles. The zero-order valence-corrected chi connectivity index (χ0v) is 10.7. The van der Waals surface area contributed by atoms with Crippen LogP contribution in [-0.2, 0) is 6.61 Å². The first-order chi connectivity index (χ1) is 9.63. The maximum atomic E-state index is 14.2. The molecule has 0 fully saturated rings. The average molecular weight is 278 g/mol. The van der Waals surface area contributed by atoms with E-state index >= 15 is 0 Å². The summed E-state index contributed by atoms with van der Waals surface area (Å²) in [5.74, 6) is -1.62. The van der Waals surface area contributed by atoms with Gasteiger partial charge in [0.05, 0.1) is 6.61 Å². The first-order valence-corrected chi connectivity index (χ1v) is 6.22. The number of rotatable bonds is 2. The Hall–Kier alpha value is -2.30. The minimum absolute atomic E-state index is 0.0496. The summed E-state index contributed by atoms with van der Waals surface area (Å²) in [6.45, 7) is 1.97. The van der Waals surface area contributed by atoms with Crippen LogP contribution in [0, 0.1) is 11.6 Å². The molecule has 5 heteroatoms. The summed E-state index contributed by atoms with van der Waals surface area (Å²) >= 11 is 0. The number of aromatic hydroxyl groups is 1. The van der Waals surface area contributed by atoms with Gasteiger partial charge in [0.25, 0.3) is 0 Å². The molecule has 0 amide bonds. The fraction of sp³-hybridized carbons (Fsp3) is 0.200. The number of halogens is 2. The van der Waals surface area contributed by atoms with Crippen molar-refractivity contribution in [3.63, 3.8) is 0 Å². The van der Waals surface area contributed by atoms with Crippen molar-refractivity contribution in [3.8, 4) is 28.4 Å². The van der Waals surface area contributed by atoms with Crippen LogP contribution in [0.15, 0.2) is 24.3 Å². The van der Waals surface area contributed by atoms with Crippen LogP contribution in [0.25, 0.3) is 11.1 Å². The highest BCUT2D eigenvalue weighted by molar-refractivity contribution is 5.77. The molecule has 0 saturated heterocycles. The molecule has 2 aromatic carbocycles. The minimum atomic E-state index is -0.734. The molecule has 1 aliphatic rings. The molecule has 104 valence electrons. The van der Waals surface area contributed by atoms with E-state index in [0.717, 1.165) is 0 Å². The lowest BCUT2D eigenvalue weighted by atomic mass is 9.96. The fourth-order valence-corrected chi connectivity index (χ4v) is 2.30. The standard InChI is InChI=1S/C15H12F2O3/c1-2-19-12-6-4-9-8-3-5-11(18)13(16)10(8)7-20-15(9)14(12)17/h3-6,18H,2,7H2,1H3. The summed E-state index contributed by atoms with van der Waals surface area (Å²) in [5.41, 5.74) is 1.19. The van der Waals surface area contributed by atoms with E-state index in [1.165, 1.54) is 12.1 Å². The van der Waals surface area contributed by atoms with Crippen molar-refractivity contribution in [1.82, 2.24) is 0 Å². The van der Waals surface area contributed by atoms with E-state index in [4.69, 9.17) is 9.47 Å². The summed E-state index contributed by atoms with van der Waals surface area (Å²) < 4.78 is 38.5. The molecular weight excluding hydrogens is 266 g/mol. The van der Waals surface area contributed by atoms with Gasteiger partial charge in [0.15, 0.2) is 23.1 Å². The maximum absolute atomic E-state index is 14.2. The Bertz CT molecular complexity index is 683. The summed E-state index contributed by atoms with van der Waals surface area (Å²) in [6, 6.07) is 5.91. The van der Waals surface area contributed by atoms with Crippen molar-refractivity contribution in [1.29, 1.82) is 0 Å². The topological polar surface area (TPSA) is 38.7 Å². The number of hydrogen-bond acceptors (Lipinski definition) is 3. The lowest BCUT2D eigenvalue weighted by Crippen LogP contribution is -2.10. The summed E-state index contributed by atoms with van der Waals surface area (Å²) in [5, 5.41) is 9.37. The maximum Gasteiger partial charge on any atom is 0.207 e. The van der Waals surface area contributed by atoms with Crippen LogP contribution in [0.1, 0.15) is 12.5 Å². The molecule has 2 aromatic rings. The Morgan fingerprint density at radius 3 is 2.65 bits per heavy atom. The van der Waals surface area contributed by atoms with E-state index in [2.05, 4.69) is 0 Å². The van der Waals surface area contributed by atoms with Crippen LogP contribution in [0.5, 0.6) is 17.2 Å². The highest BCUT2D eigenvalue weighted by atomic mass is 19.1. The molecule has 1 heterocycles. The van der Waals surface area contributed by atoms with Gasteiger partial charge in [-0.05, 0) is 36.8 Å². The van der Waals surface area contributed by atoms with E-state index in [1.807, 2.05) is 0 Å².